The minimum absolute atomic E-state index is 0.0651. The van der Waals surface area contributed by atoms with Gasteiger partial charge in [0.15, 0.2) is 11.7 Å². The molecule has 0 radical (unpaired) electrons. The van der Waals surface area contributed by atoms with Crippen molar-refractivity contribution in [2.45, 2.75) is 19.8 Å². The summed E-state index contributed by atoms with van der Waals surface area (Å²) in [4.78, 5) is 31.4. The molecule has 3 rings (SSSR count). The van der Waals surface area contributed by atoms with Crippen LogP contribution in [0.3, 0.4) is 0 Å². The molecule has 0 aliphatic carbocycles. The van der Waals surface area contributed by atoms with Gasteiger partial charge < -0.3 is 14.2 Å². The van der Waals surface area contributed by atoms with Crippen molar-refractivity contribution in [1.29, 1.82) is 0 Å². The first-order chi connectivity index (χ1) is 11.6. The lowest BCUT2D eigenvalue weighted by Gasteiger charge is -2.34. The lowest BCUT2D eigenvalue weighted by atomic mass is 10.2. The normalized spacial score (nSPS) is 14.7. The van der Waals surface area contributed by atoms with Crippen LogP contribution >= 0.6 is 0 Å². The van der Waals surface area contributed by atoms with Crippen molar-refractivity contribution in [2.24, 2.45) is 0 Å². The first-order valence-electron chi connectivity index (χ1n) is 8.17. The van der Waals surface area contributed by atoms with Gasteiger partial charge in [-0.2, -0.15) is 0 Å². The van der Waals surface area contributed by atoms with E-state index in [2.05, 4.69) is 4.98 Å². The average Bonchev–Trinajstić information content (AvgIpc) is 3.09. The molecule has 24 heavy (non-hydrogen) atoms. The molecule has 2 aromatic rings. The van der Waals surface area contributed by atoms with Crippen LogP contribution in [0.15, 0.2) is 40.9 Å². The Morgan fingerprint density at radius 2 is 1.75 bits per heavy atom. The van der Waals surface area contributed by atoms with Crippen LogP contribution in [0.4, 0.5) is 0 Å². The largest absolute Gasteiger partial charge is 0.441 e. The SMILES string of the molecule is CC(=O)N1CCN(C(=O)CCc2ncc(-c3ccccc3)o2)CC1. The highest BCUT2D eigenvalue weighted by atomic mass is 16.4. The summed E-state index contributed by atoms with van der Waals surface area (Å²) in [7, 11) is 0. The van der Waals surface area contributed by atoms with Gasteiger partial charge in [-0.15, -0.1) is 0 Å². The number of nitrogens with zero attached hydrogens (tertiary/aromatic N) is 3. The summed E-state index contributed by atoms with van der Waals surface area (Å²) in [6.07, 6.45) is 2.55. The summed E-state index contributed by atoms with van der Waals surface area (Å²) in [5, 5.41) is 0. The maximum absolute atomic E-state index is 12.3. The van der Waals surface area contributed by atoms with E-state index in [-0.39, 0.29) is 11.8 Å². The first-order valence-corrected chi connectivity index (χ1v) is 8.17. The van der Waals surface area contributed by atoms with Crippen molar-refractivity contribution < 1.29 is 14.0 Å². The highest BCUT2D eigenvalue weighted by Gasteiger charge is 2.22. The molecule has 1 aromatic carbocycles. The fourth-order valence-electron chi connectivity index (χ4n) is 2.80. The molecule has 1 fully saturated rings. The van der Waals surface area contributed by atoms with Crippen LogP contribution in [0.5, 0.6) is 0 Å². The molecule has 0 bridgehead atoms. The second-order valence-electron chi connectivity index (χ2n) is 5.87. The van der Waals surface area contributed by atoms with Crippen LogP contribution in [-0.4, -0.2) is 52.8 Å². The van der Waals surface area contributed by atoms with Crippen LogP contribution in [0.2, 0.25) is 0 Å². The minimum atomic E-state index is 0.0651. The molecule has 1 aliphatic rings. The third-order valence-electron chi connectivity index (χ3n) is 4.24. The van der Waals surface area contributed by atoms with Crippen molar-refractivity contribution in [3.05, 3.63) is 42.4 Å². The third-order valence-corrected chi connectivity index (χ3v) is 4.24. The van der Waals surface area contributed by atoms with Gasteiger partial charge in [-0.05, 0) is 0 Å². The Balaban J connectivity index is 1.50. The Morgan fingerprint density at radius 3 is 2.42 bits per heavy atom. The van der Waals surface area contributed by atoms with Gasteiger partial charge in [0.25, 0.3) is 0 Å². The van der Waals surface area contributed by atoms with Crippen molar-refractivity contribution in [3.63, 3.8) is 0 Å². The molecule has 2 heterocycles. The summed E-state index contributed by atoms with van der Waals surface area (Å²) in [5.41, 5.74) is 0.975. The molecule has 6 heteroatoms. The van der Waals surface area contributed by atoms with Crippen molar-refractivity contribution >= 4 is 11.8 Å². The number of hydrogen-bond acceptors (Lipinski definition) is 4. The van der Waals surface area contributed by atoms with E-state index in [1.165, 1.54) is 0 Å². The molecule has 0 N–H and O–H groups in total. The lowest BCUT2D eigenvalue weighted by molar-refractivity contribution is -0.138. The first kappa shape index (κ1) is 16.2. The van der Waals surface area contributed by atoms with Crippen LogP contribution < -0.4 is 0 Å². The number of carbonyl (C=O) groups excluding carboxylic acids is 2. The molecule has 1 saturated heterocycles. The number of aromatic nitrogens is 1. The molecule has 2 amide bonds. The van der Waals surface area contributed by atoms with Gasteiger partial charge >= 0.3 is 0 Å². The van der Waals surface area contributed by atoms with Gasteiger partial charge in [-0.25, -0.2) is 4.98 Å². The molecule has 0 saturated carbocycles. The second kappa shape index (κ2) is 7.29. The van der Waals surface area contributed by atoms with E-state index in [0.717, 1.165) is 5.56 Å². The van der Waals surface area contributed by atoms with E-state index in [4.69, 9.17) is 4.42 Å². The molecule has 0 spiro atoms. The zero-order valence-electron chi connectivity index (χ0n) is 13.8. The van der Waals surface area contributed by atoms with Gasteiger partial charge in [0.05, 0.1) is 6.20 Å². The zero-order chi connectivity index (χ0) is 16.9. The smallest absolute Gasteiger partial charge is 0.223 e. The summed E-state index contributed by atoms with van der Waals surface area (Å²) in [5.74, 6) is 1.44. The minimum Gasteiger partial charge on any atom is -0.441 e. The molecule has 1 aromatic heterocycles. The Morgan fingerprint density at radius 1 is 1.08 bits per heavy atom. The van der Waals surface area contributed by atoms with Gasteiger partial charge in [-0.3, -0.25) is 9.59 Å². The highest BCUT2D eigenvalue weighted by Crippen LogP contribution is 2.20. The van der Waals surface area contributed by atoms with Crippen molar-refractivity contribution in [1.82, 2.24) is 14.8 Å². The maximum atomic E-state index is 12.3. The molecule has 0 unspecified atom stereocenters. The Hall–Kier alpha value is -2.63. The van der Waals surface area contributed by atoms with E-state index in [1.54, 1.807) is 22.9 Å². The summed E-state index contributed by atoms with van der Waals surface area (Å²) >= 11 is 0. The Labute approximate surface area is 141 Å². The number of benzene rings is 1. The van der Waals surface area contributed by atoms with Crippen molar-refractivity contribution in [2.75, 3.05) is 26.2 Å². The average molecular weight is 327 g/mol. The maximum Gasteiger partial charge on any atom is 0.223 e. The number of piperazine rings is 1. The van der Waals surface area contributed by atoms with E-state index < -0.39 is 0 Å². The molecule has 1 aliphatic heterocycles. The summed E-state index contributed by atoms with van der Waals surface area (Å²) in [6, 6.07) is 9.77. The van der Waals surface area contributed by atoms with Crippen LogP contribution in [0.1, 0.15) is 19.2 Å². The number of amides is 2. The number of carbonyl (C=O) groups is 2. The standard InChI is InChI=1S/C18H21N3O3/c1-14(22)20-9-11-21(12-10-20)18(23)8-7-17-19-13-16(24-17)15-5-3-2-4-6-15/h2-6,13H,7-12H2,1H3. The molecule has 126 valence electrons. The quantitative estimate of drug-likeness (QED) is 0.861. The Bertz CT molecular complexity index is 703. The number of aryl methyl sites for hydroxylation is 1. The third kappa shape index (κ3) is 3.82. The molecular formula is C18H21N3O3. The lowest BCUT2D eigenvalue weighted by Crippen LogP contribution is -2.50. The summed E-state index contributed by atoms with van der Waals surface area (Å²) < 4.78 is 5.72. The van der Waals surface area contributed by atoms with Crippen molar-refractivity contribution in [3.8, 4) is 11.3 Å². The van der Waals surface area contributed by atoms with Crippen LogP contribution in [-0.2, 0) is 16.0 Å². The monoisotopic (exact) mass is 327 g/mol. The van der Waals surface area contributed by atoms with Crippen LogP contribution in [0.25, 0.3) is 11.3 Å². The van der Waals surface area contributed by atoms with E-state index in [1.807, 2.05) is 30.3 Å². The van der Waals surface area contributed by atoms with Gasteiger partial charge in [0.2, 0.25) is 11.8 Å². The van der Waals surface area contributed by atoms with E-state index >= 15 is 0 Å². The zero-order valence-corrected chi connectivity index (χ0v) is 13.8. The van der Waals surface area contributed by atoms with Gasteiger partial charge in [0.1, 0.15) is 0 Å². The van der Waals surface area contributed by atoms with Gasteiger partial charge in [0, 0.05) is 51.5 Å². The van der Waals surface area contributed by atoms with E-state index in [0.29, 0.717) is 50.7 Å². The number of hydrogen-bond donors (Lipinski definition) is 0. The number of oxazole rings is 1. The topological polar surface area (TPSA) is 66.7 Å². The predicted octanol–water partition coefficient (Wildman–Crippen LogP) is 1.96. The summed E-state index contributed by atoms with van der Waals surface area (Å²) in [6.45, 7) is 3.97. The fraction of sp³-hybridized carbons (Fsp3) is 0.389. The van der Waals surface area contributed by atoms with Gasteiger partial charge in [-0.1, -0.05) is 30.3 Å². The second-order valence-corrected chi connectivity index (χ2v) is 5.87. The highest BCUT2D eigenvalue weighted by molar-refractivity contribution is 5.77. The molecule has 0 atom stereocenters. The van der Waals surface area contributed by atoms with E-state index in [9.17, 15) is 9.59 Å². The predicted molar refractivity (Wildman–Crippen MR) is 89.1 cm³/mol. The Kier molecular flexibility index (Phi) is 4.93. The van der Waals surface area contributed by atoms with Crippen LogP contribution in [0, 0.1) is 0 Å². The molecular weight excluding hydrogens is 306 g/mol. The molecule has 6 nitrogen and oxygen atoms in total. The fourth-order valence-corrected chi connectivity index (χ4v) is 2.80. The number of rotatable bonds is 4.